The van der Waals surface area contributed by atoms with E-state index in [1.165, 1.54) is 23.5 Å². The lowest BCUT2D eigenvalue weighted by Gasteiger charge is -2.06. The van der Waals surface area contributed by atoms with Gasteiger partial charge in [-0.2, -0.15) is 0 Å². The van der Waals surface area contributed by atoms with Crippen molar-refractivity contribution in [3.8, 4) is 11.1 Å². The average molecular weight is 378 g/mol. The summed E-state index contributed by atoms with van der Waals surface area (Å²) in [5.74, 6) is 0.473. The van der Waals surface area contributed by atoms with Gasteiger partial charge in [-0.15, -0.1) is 11.3 Å². The molecule has 134 valence electrons. The summed E-state index contributed by atoms with van der Waals surface area (Å²) in [6.07, 6.45) is 0. The van der Waals surface area contributed by atoms with Crippen molar-refractivity contribution in [1.29, 1.82) is 0 Å². The molecule has 0 atom stereocenters. The number of non-ortho nitro benzene ring substituents is 1. The van der Waals surface area contributed by atoms with E-state index >= 15 is 0 Å². The summed E-state index contributed by atoms with van der Waals surface area (Å²) in [7, 11) is 0. The van der Waals surface area contributed by atoms with E-state index in [2.05, 4.69) is 15.3 Å². The SMILES string of the molecule is O=c1[nH]c(CNc2cccc([N+](=O)[O-])c2)nc2scc(-c3ccccc3)c12. The van der Waals surface area contributed by atoms with Gasteiger partial charge in [-0.3, -0.25) is 14.9 Å². The van der Waals surface area contributed by atoms with Crippen molar-refractivity contribution >= 4 is 32.9 Å². The Morgan fingerprint density at radius 2 is 1.96 bits per heavy atom. The molecule has 0 amide bonds. The molecule has 2 aromatic heterocycles. The number of aromatic nitrogens is 2. The van der Waals surface area contributed by atoms with Crippen LogP contribution in [-0.4, -0.2) is 14.9 Å². The maximum Gasteiger partial charge on any atom is 0.271 e. The fourth-order valence-corrected chi connectivity index (χ4v) is 3.79. The van der Waals surface area contributed by atoms with Gasteiger partial charge < -0.3 is 10.3 Å². The number of hydrogen-bond donors (Lipinski definition) is 2. The minimum Gasteiger partial charge on any atom is -0.378 e. The molecule has 2 heterocycles. The molecule has 0 fully saturated rings. The Bertz CT molecular complexity index is 1180. The molecule has 2 aromatic carbocycles. The fourth-order valence-electron chi connectivity index (χ4n) is 2.82. The van der Waals surface area contributed by atoms with Gasteiger partial charge in [0.15, 0.2) is 0 Å². The molecule has 0 saturated carbocycles. The second kappa shape index (κ2) is 7.00. The van der Waals surface area contributed by atoms with Crippen LogP contribution in [-0.2, 0) is 6.54 Å². The number of nitrogens with zero attached hydrogens (tertiary/aromatic N) is 2. The Labute approximate surface area is 157 Å². The molecule has 0 unspecified atom stereocenters. The summed E-state index contributed by atoms with van der Waals surface area (Å²) in [5.41, 5.74) is 2.22. The summed E-state index contributed by atoms with van der Waals surface area (Å²) in [4.78, 5) is 31.0. The fraction of sp³-hybridized carbons (Fsp3) is 0.0526. The first-order chi connectivity index (χ1) is 13.1. The quantitative estimate of drug-likeness (QED) is 0.401. The van der Waals surface area contributed by atoms with E-state index in [1.54, 1.807) is 12.1 Å². The Morgan fingerprint density at radius 1 is 1.15 bits per heavy atom. The predicted octanol–water partition coefficient (Wildman–Crippen LogP) is 4.17. The zero-order valence-corrected chi connectivity index (χ0v) is 14.8. The Kier molecular flexibility index (Phi) is 4.39. The van der Waals surface area contributed by atoms with Crippen LogP contribution in [0, 0.1) is 10.1 Å². The normalized spacial score (nSPS) is 10.8. The molecule has 0 radical (unpaired) electrons. The van der Waals surface area contributed by atoms with Crippen LogP contribution in [0.4, 0.5) is 11.4 Å². The Morgan fingerprint density at radius 3 is 2.74 bits per heavy atom. The first kappa shape index (κ1) is 16.9. The minimum atomic E-state index is -0.450. The number of nitrogens with one attached hydrogen (secondary N) is 2. The Balaban J connectivity index is 1.62. The number of nitro groups is 1. The van der Waals surface area contributed by atoms with E-state index in [-0.39, 0.29) is 17.8 Å². The van der Waals surface area contributed by atoms with Gasteiger partial charge in [-0.1, -0.05) is 36.4 Å². The minimum absolute atomic E-state index is 0.00247. The van der Waals surface area contributed by atoms with Gasteiger partial charge in [0.25, 0.3) is 11.2 Å². The lowest BCUT2D eigenvalue weighted by Crippen LogP contribution is -2.14. The summed E-state index contributed by atoms with van der Waals surface area (Å²) >= 11 is 1.42. The van der Waals surface area contributed by atoms with Crippen molar-refractivity contribution in [3.05, 3.63) is 86.3 Å². The number of fused-ring (bicyclic) bond motifs is 1. The molecule has 2 N–H and O–H groups in total. The van der Waals surface area contributed by atoms with Gasteiger partial charge in [0.05, 0.1) is 16.9 Å². The maximum atomic E-state index is 12.6. The van der Waals surface area contributed by atoms with E-state index in [4.69, 9.17) is 0 Å². The van der Waals surface area contributed by atoms with Gasteiger partial charge in [0.1, 0.15) is 10.7 Å². The summed E-state index contributed by atoms with van der Waals surface area (Å²) in [6, 6.07) is 15.9. The van der Waals surface area contributed by atoms with Crippen molar-refractivity contribution < 1.29 is 4.92 Å². The highest BCUT2D eigenvalue weighted by Crippen LogP contribution is 2.30. The van der Waals surface area contributed by atoms with Crippen LogP contribution in [0.5, 0.6) is 0 Å². The van der Waals surface area contributed by atoms with Crippen molar-refractivity contribution in [3.63, 3.8) is 0 Å². The molecule has 0 aliphatic heterocycles. The maximum absolute atomic E-state index is 12.6. The highest BCUT2D eigenvalue weighted by molar-refractivity contribution is 7.17. The van der Waals surface area contributed by atoms with Crippen LogP contribution in [0.15, 0.2) is 64.8 Å². The number of hydrogen-bond acceptors (Lipinski definition) is 6. The molecule has 0 saturated heterocycles. The molecule has 8 heteroatoms. The van der Waals surface area contributed by atoms with Gasteiger partial charge in [-0.25, -0.2) is 4.98 Å². The lowest BCUT2D eigenvalue weighted by atomic mass is 10.1. The number of anilines is 1. The summed E-state index contributed by atoms with van der Waals surface area (Å²) < 4.78 is 0. The first-order valence-electron chi connectivity index (χ1n) is 8.16. The van der Waals surface area contributed by atoms with Crippen LogP contribution < -0.4 is 10.9 Å². The predicted molar refractivity (Wildman–Crippen MR) is 106 cm³/mol. The number of nitro benzene ring substituents is 1. The smallest absolute Gasteiger partial charge is 0.271 e. The number of aromatic amines is 1. The topological polar surface area (TPSA) is 101 Å². The molecule has 0 bridgehead atoms. The number of H-pyrrole nitrogens is 1. The van der Waals surface area contributed by atoms with E-state index in [9.17, 15) is 14.9 Å². The number of benzene rings is 2. The van der Waals surface area contributed by atoms with Crippen molar-refractivity contribution in [2.45, 2.75) is 6.54 Å². The van der Waals surface area contributed by atoms with Crippen LogP contribution in [0.3, 0.4) is 0 Å². The van der Waals surface area contributed by atoms with Crippen molar-refractivity contribution in [1.82, 2.24) is 9.97 Å². The van der Waals surface area contributed by atoms with Gasteiger partial charge in [-0.05, 0) is 11.6 Å². The first-order valence-corrected chi connectivity index (χ1v) is 9.04. The van der Waals surface area contributed by atoms with E-state index < -0.39 is 4.92 Å². The zero-order chi connectivity index (χ0) is 18.8. The lowest BCUT2D eigenvalue weighted by molar-refractivity contribution is -0.384. The second-order valence-corrected chi connectivity index (χ2v) is 6.73. The molecular weight excluding hydrogens is 364 g/mol. The number of thiophene rings is 1. The van der Waals surface area contributed by atoms with Crippen LogP contribution >= 0.6 is 11.3 Å². The van der Waals surface area contributed by atoms with Crippen molar-refractivity contribution in [2.24, 2.45) is 0 Å². The Hall–Kier alpha value is -3.52. The molecule has 0 aliphatic carbocycles. The third-order valence-electron chi connectivity index (χ3n) is 4.09. The third-order valence-corrected chi connectivity index (χ3v) is 4.97. The standard InChI is InChI=1S/C19H14N4O3S/c24-18-17-15(12-5-2-1-3-6-12)11-27-19(17)22-16(21-18)10-20-13-7-4-8-14(9-13)23(25)26/h1-9,11,20H,10H2,(H,21,22,24). The van der Waals surface area contributed by atoms with Gasteiger partial charge in [0.2, 0.25) is 0 Å². The molecule has 27 heavy (non-hydrogen) atoms. The molecule has 4 rings (SSSR count). The van der Waals surface area contributed by atoms with E-state index in [0.29, 0.717) is 21.7 Å². The van der Waals surface area contributed by atoms with Gasteiger partial charge in [0, 0.05) is 28.8 Å². The van der Waals surface area contributed by atoms with Crippen LogP contribution in [0.2, 0.25) is 0 Å². The average Bonchev–Trinajstić information content (AvgIpc) is 3.12. The molecule has 0 spiro atoms. The van der Waals surface area contributed by atoms with Crippen molar-refractivity contribution in [2.75, 3.05) is 5.32 Å². The van der Waals surface area contributed by atoms with E-state index in [0.717, 1.165) is 11.1 Å². The molecular formula is C19H14N4O3S. The summed E-state index contributed by atoms with van der Waals surface area (Å²) in [6.45, 7) is 0.255. The summed E-state index contributed by atoms with van der Waals surface area (Å²) in [5, 5.41) is 16.4. The third kappa shape index (κ3) is 3.42. The van der Waals surface area contributed by atoms with Gasteiger partial charge >= 0.3 is 0 Å². The highest BCUT2D eigenvalue weighted by Gasteiger charge is 2.13. The molecule has 0 aliphatic rings. The zero-order valence-electron chi connectivity index (χ0n) is 14.0. The van der Waals surface area contributed by atoms with E-state index in [1.807, 2.05) is 35.7 Å². The second-order valence-electron chi connectivity index (χ2n) is 5.87. The highest BCUT2D eigenvalue weighted by atomic mass is 32.1. The molecule has 7 nitrogen and oxygen atoms in total. The van der Waals surface area contributed by atoms with Crippen LogP contribution in [0.25, 0.3) is 21.3 Å². The van der Waals surface area contributed by atoms with Crippen LogP contribution in [0.1, 0.15) is 5.82 Å². The monoisotopic (exact) mass is 378 g/mol. The molecule has 4 aromatic rings. The largest absolute Gasteiger partial charge is 0.378 e. The number of rotatable bonds is 5.